The third-order valence-electron chi connectivity index (χ3n) is 4.83. The number of amides is 2. The van der Waals surface area contributed by atoms with Crippen molar-refractivity contribution in [1.82, 2.24) is 4.98 Å². The van der Waals surface area contributed by atoms with Crippen LogP contribution in [0.3, 0.4) is 0 Å². The molecule has 1 aromatic heterocycles. The fraction of sp³-hybridized carbons (Fsp3) is 0.190. The molecule has 0 unspecified atom stereocenters. The second-order valence-electron chi connectivity index (χ2n) is 6.68. The van der Waals surface area contributed by atoms with Crippen molar-refractivity contribution in [3.8, 4) is 0 Å². The summed E-state index contributed by atoms with van der Waals surface area (Å²) < 4.78 is 13.4. The summed E-state index contributed by atoms with van der Waals surface area (Å²) in [7, 11) is 0. The predicted octanol–water partition coefficient (Wildman–Crippen LogP) is 3.84. The van der Waals surface area contributed by atoms with Crippen LogP contribution in [0.2, 0.25) is 0 Å². The van der Waals surface area contributed by atoms with Crippen molar-refractivity contribution in [2.24, 2.45) is 0 Å². The van der Waals surface area contributed by atoms with Gasteiger partial charge in [0.1, 0.15) is 5.82 Å². The molecule has 27 heavy (non-hydrogen) atoms. The van der Waals surface area contributed by atoms with Crippen LogP contribution in [-0.2, 0) is 11.2 Å². The Morgan fingerprint density at radius 3 is 2.74 bits per heavy atom. The molecule has 0 aliphatic carbocycles. The number of aryl methyl sites for hydroxylation is 1. The Morgan fingerprint density at radius 2 is 1.96 bits per heavy atom. The van der Waals surface area contributed by atoms with Gasteiger partial charge in [0.15, 0.2) is 0 Å². The van der Waals surface area contributed by atoms with Crippen LogP contribution in [0.4, 0.5) is 15.8 Å². The molecule has 0 fully saturated rings. The third-order valence-corrected chi connectivity index (χ3v) is 4.83. The summed E-state index contributed by atoms with van der Waals surface area (Å²) in [5.41, 5.74) is 4.10. The van der Waals surface area contributed by atoms with E-state index in [0.717, 1.165) is 17.7 Å². The van der Waals surface area contributed by atoms with E-state index in [9.17, 15) is 14.0 Å². The molecule has 0 radical (unpaired) electrons. The molecular weight excluding hydrogens is 345 g/mol. The summed E-state index contributed by atoms with van der Waals surface area (Å²) in [6.07, 6.45) is 0.765. The maximum atomic E-state index is 13.4. The lowest BCUT2D eigenvalue weighted by atomic mass is 10.1. The minimum Gasteiger partial charge on any atom is -0.322 e. The van der Waals surface area contributed by atoms with Crippen molar-refractivity contribution in [3.05, 3.63) is 65.1 Å². The summed E-state index contributed by atoms with van der Waals surface area (Å²) in [5.74, 6) is -0.614. The molecule has 6 heteroatoms. The van der Waals surface area contributed by atoms with E-state index >= 15 is 0 Å². The van der Waals surface area contributed by atoms with Gasteiger partial charge in [-0.2, -0.15) is 0 Å². The first-order valence-electron chi connectivity index (χ1n) is 8.71. The molecule has 2 heterocycles. The number of hydrogen-bond acceptors (Lipinski definition) is 3. The van der Waals surface area contributed by atoms with Crippen LogP contribution in [0.1, 0.15) is 28.5 Å². The van der Waals surface area contributed by atoms with Gasteiger partial charge in [0.25, 0.3) is 5.91 Å². The molecule has 2 aromatic carbocycles. The maximum Gasteiger partial charge on any atom is 0.257 e. The molecule has 4 rings (SSSR count). The van der Waals surface area contributed by atoms with Crippen LogP contribution in [-0.4, -0.2) is 23.3 Å². The zero-order chi connectivity index (χ0) is 19.1. The molecule has 0 bridgehead atoms. The smallest absolute Gasteiger partial charge is 0.257 e. The Hall–Kier alpha value is -3.28. The second-order valence-corrected chi connectivity index (χ2v) is 6.68. The Kier molecular flexibility index (Phi) is 4.11. The SMILES string of the molecule is CC(=O)N1CCc2cc(NC(=O)c3cc4ccc(F)cc4nc3C)ccc21. The predicted molar refractivity (Wildman–Crippen MR) is 103 cm³/mol. The maximum absolute atomic E-state index is 13.4. The highest BCUT2D eigenvalue weighted by molar-refractivity contribution is 6.07. The van der Waals surface area contributed by atoms with Crippen LogP contribution >= 0.6 is 0 Å². The van der Waals surface area contributed by atoms with Crippen molar-refractivity contribution in [2.45, 2.75) is 20.3 Å². The van der Waals surface area contributed by atoms with Gasteiger partial charge in [-0.1, -0.05) is 0 Å². The number of rotatable bonds is 2. The second kappa shape index (κ2) is 6.46. The third kappa shape index (κ3) is 3.14. The number of benzene rings is 2. The minimum atomic E-state index is -0.357. The normalized spacial score (nSPS) is 12.9. The minimum absolute atomic E-state index is 0.0137. The summed E-state index contributed by atoms with van der Waals surface area (Å²) >= 11 is 0. The number of nitrogens with one attached hydrogen (secondary N) is 1. The summed E-state index contributed by atoms with van der Waals surface area (Å²) in [5, 5.41) is 3.60. The highest BCUT2D eigenvalue weighted by Gasteiger charge is 2.22. The lowest BCUT2D eigenvalue weighted by Gasteiger charge is -2.15. The number of pyridine rings is 1. The average Bonchev–Trinajstić information content (AvgIpc) is 3.04. The van der Waals surface area contributed by atoms with Gasteiger partial charge in [-0.3, -0.25) is 14.6 Å². The van der Waals surface area contributed by atoms with E-state index in [1.54, 1.807) is 36.9 Å². The number of nitrogens with zero attached hydrogens (tertiary/aromatic N) is 2. The molecule has 0 saturated heterocycles. The Balaban J connectivity index is 1.61. The summed E-state index contributed by atoms with van der Waals surface area (Å²) in [6.45, 7) is 3.94. The van der Waals surface area contributed by atoms with Crippen LogP contribution in [0.25, 0.3) is 10.9 Å². The van der Waals surface area contributed by atoms with E-state index in [2.05, 4.69) is 10.3 Å². The van der Waals surface area contributed by atoms with Crippen molar-refractivity contribution in [3.63, 3.8) is 0 Å². The number of halogens is 1. The lowest BCUT2D eigenvalue weighted by Crippen LogP contribution is -2.25. The molecule has 0 atom stereocenters. The molecule has 0 spiro atoms. The van der Waals surface area contributed by atoms with Gasteiger partial charge >= 0.3 is 0 Å². The van der Waals surface area contributed by atoms with Gasteiger partial charge in [0, 0.05) is 36.3 Å². The summed E-state index contributed by atoms with van der Waals surface area (Å²) in [6, 6.07) is 11.6. The number of hydrogen-bond donors (Lipinski definition) is 1. The monoisotopic (exact) mass is 363 g/mol. The lowest BCUT2D eigenvalue weighted by molar-refractivity contribution is -0.116. The van der Waals surface area contributed by atoms with Crippen LogP contribution < -0.4 is 10.2 Å². The molecule has 136 valence electrons. The van der Waals surface area contributed by atoms with Crippen molar-refractivity contribution >= 4 is 34.1 Å². The van der Waals surface area contributed by atoms with E-state index in [0.29, 0.717) is 34.4 Å². The van der Waals surface area contributed by atoms with Gasteiger partial charge < -0.3 is 10.2 Å². The first-order valence-corrected chi connectivity index (χ1v) is 8.71. The zero-order valence-electron chi connectivity index (χ0n) is 15.0. The van der Waals surface area contributed by atoms with E-state index in [1.165, 1.54) is 12.1 Å². The topological polar surface area (TPSA) is 62.3 Å². The number of carbonyl (C=O) groups is 2. The highest BCUT2D eigenvalue weighted by Crippen LogP contribution is 2.30. The first kappa shape index (κ1) is 17.1. The van der Waals surface area contributed by atoms with Gasteiger partial charge in [0.2, 0.25) is 5.91 Å². The standard InChI is InChI=1S/C21H18FN3O2/c1-12-18(10-14-3-4-16(22)11-19(14)23-12)21(27)24-17-5-6-20-15(9-17)7-8-25(20)13(2)26/h3-6,9-11H,7-8H2,1-2H3,(H,24,27). The van der Waals surface area contributed by atoms with Gasteiger partial charge in [-0.25, -0.2) is 4.39 Å². The van der Waals surface area contributed by atoms with E-state index < -0.39 is 0 Å². The molecule has 1 aliphatic heterocycles. The van der Waals surface area contributed by atoms with Crippen LogP contribution in [0.5, 0.6) is 0 Å². The van der Waals surface area contributed by atoms with Crippen molar-refractivity contribution < 1.29 is 14.0 Å². The average molecular weight is 363 g/mol. The molecule has 5 nitrogen and oxygen atoms in total. The fourth-order valence-corrected chi connectivity index (χ4v) is 3.47. The molecule has 1 N–H and O–H groups in total. The summed E-state index contributed by atoms with van der Waals surface area (Å²) in [4.78, 5) is 30.5. The largest absolute Gasteiger partial charge is 0.322 e. The van der Waals surface area contributed by atoms with Crippen molar-refractivity contribution in [2.75, 3.05) is 16.8 Å². The Labute approximate surface area is 155 Å². The molecule has 2 amide bonds. The highest BCUT2D eigenvalue weighted by atomic mass is 19.1. The fourth-order valence-electron chi connectivity index (χ4n) is 3.47. The van der Waals surface area contributed by atoms with Gasteiger partial charge in [0.05, 0.1) is 16.8 Å². The molecule has 3 aromatic rings. The number of aromatic nitrogens is 1. The van der Waals surface area contributed by atoms with E-state index in [1.807, 2.05) is 12.1 Å². The van der Waals surface area contributed by atoms with Gasteiger partial charge in [-0.05, 0) is 55.3 Å². The van der Waals surface area contributed by atoms with Crippen LogP contribution in [0.15, 0.2) is 42.5 Å². The number of carbonyl (C=O) groups excluding carboxylic acids is 2. The van der Waals surface area contributed by atoms with E-state index in [4.69, 9.17) is 0 Å². The van der Waals surface area contributed by atoms with E-state index in [-0.39, 0.29) is 17.6 Å². The first-order chi connectivity index (χ1) is 12.9. The molecular formula is C21H18FN3O2. The van der Waals surface area contributed by atoms with Crippen LogP contribution in [0, 0.1) is 12.7 Å². The Morgan fingerprint density at radius 1 is 1.15 bits per heavy atom. The van der Waals surface area contributed by atoms with Crippen molar-refractivity contribution in [1.29, 1.82) is 0 Å². The Bertz CT molecular complexity index is 1090. The number of anilines is 2. The quantitative estimate of drug-likeness (QED) is 0.752. The molecule has 0 saturated carbocycles. The molecule has 1 aliphatic rings. The zero-order valence-corrected chi connectivity index (χ0v) is 15.0. The van der Waals surface area contributed by atoms with Gasteiger partial charge in [-0.15, -0.1) is 0 Å². The number of fused-ring (bicyclic) bond motifs is 2.